The molecule has 1 N–H and O–H groups in total. The van der Waals surface area contributed by atoms with Gasteiger partial charge < -0.3 is 15.0 Å². The molecule has 0 atom stereocenters. The van der Waals surface area contributed by atoms with Crippen LogP contribution in [0.1, 0.15) is 22.4 Å². The third kappa shape index (κ3) is 4.28. The SMILES string of the molecule is COc1c(C)cnc(CN(C)C(=O)NCc2ccc(-n3ccnc3)nc2)c1C. The van der Waals surface area contributed by atoms with Crippen LogP contribution in [0.25, 0.3) is 5.82 Å². The fourth-order valence-electron chi connectivity index (χ4n) is 2.91. The van der Waals surface area contributed by atoms with Gasteiger partial charge in [0.05, 0.1) is 19.3 Å². The molecule has 0 aromatic carbocycles. The number of methoxy groups -OCH3 is 1. The molecule has 28 heavy (non-hydrogen) atoms. The van der Waals surface area contributed by atoms with E-state index in [0.29, 0.717) is 13.1 Å². The number of carbonyl (C=O) groups excluding carboxylic acids is 1. The summed E-state index contributed by atoms with van der Waals surface area (Å²) in [6, 6.07) is 3.64. The number of hydrogen-bond donors (Lipinski definition) is 1. The van der Waals surface area contributed by atoms with E-state index in [2.05, 4.69) is 20.3 Å². The van der Waals surface area contributed by atoms with Crippen molar-refractivity contribution in [1.29, 1.82) is 0 Å². The number of aryl methyl sites for hydroxylation is 1. The van der Waals surface area contributed by atoms with E-state index in [4.69, 9.17) is 4.74 Å². The minimum Gasteiger partial charge on any atom is -0.496 e. The first-order valence-corrected chi connectivity index (χ1v) is 8.91. The number of ether oxygens (including phenoxy) is 1. The molecule has 0 unspecified atom stereocenters. The van der Waals surface area contributed by atoms with Crippen LogP contribution >= 0.6 is 0 Å². The molecule has 8 heteroatoms. The summed E-state index contributed by atoms with van der Waals surface area (Å²) >= 11 is 0. The van der Waals surface area contributed by atoms with E-state index in [1.807, 2.05) is 36.7 Å². The van der Waals surface area contributed by atoms with Crippen molar-refractivity contribution in [3.05, 3.63) is 65.6 Å². The van der Waals surface area contributed by atoms with E-state index >= 15 is 0 Å². The first-order valence-electron chi connectivity index (χ1n) is 8.91. The topological polar surface area (TPSA) is 85.2 Å². The molecule has 0 aliphatic rings. The molecule has 0 fully saturated rings. The van der Waals surface area contributed by atoms with E-state index in [9.17, 15) is 4.79 Å². The molecule has 0 saturated carbocycles. The van der Waals surface area contributed by atoms with Gasteiger partial charge in [-0.05, 0) is 25.5 Å². The van der Waals surface area contributed by atoms with Crippen molar-refractivity contribution in [2.24, 2.45) is 0 Å². The molecule has 0 aliphatic carbocycles. The standard InChI is InChI=1S/C20H24N6O2/c1-14-9-22-17(15(2)19(14)28-4)12-25(3)20(27)24-11-16-5-6-18(23-10-16)26-8-7-21-13-26/h5-10,13H,11-12H2,1-4H3,(H,24,27). The van der Waals surface area contributed by atoms with Crippen molar-refractivity contribution in [2.75, 3.05) is 14.2 Å². The number of rotatable bonds is 6. The maximum Gasteiger partial charge on any atom is 0.317 e. The highest BCUT2D eigenvalue weighted by Gasteiger charge is 2.14. The van der Waals surface area contributed by atoms with Crippen LogP contribution in [0.2, 0.25) is 0 Å². The number of nitrogens with one attached hydrogen (secondary N) is 1. The molecular formula is C20H24N6O2. The second-order valence-electron chi connectivity index (χ2n) is 6.56. The fraction of sp³-hybridized carbons (Fsp3) is 0.300. The van der Waals surface area contributed by atoms with Crippen LogP contribution in [0.5, 0.6) is 5.75 Å². The lowest BCUT2D eigenvalue weighted by molar-refractivity contribution is 0.205. The van der Waals surface area contributed by atoms with E-state index in [1.54, 1.807) is 44.0 Å². The van der Waals surface area contributed by atoms with Crippen molar-refractivity contribution in [3.8, 4) is 11.6 Å². The van der Waals surface area contributed by atoms with Gasteiger partial charge in [0.15, 0.2) is 0 Å². The van der Waals surface area contributed by atoms with Crippen LogP contribution in [0, 0.1) is 13.8 Å². The quantitative estimate of drug-likeness (QED) is 0.711. The highest BCUT2D eigenvalue weighted by molar-refractivity contribution is 5.73. The first-order chi connectivity index (χ1) is 13.5. The molecule has 3 heterocycles. The lowest BCUT2D eigenvalue weighted by Crippen LogP contribution is -2.36. The van der Waals surface area contributed by atoms with Crippen LogP contribution in [0.3, 0.4) is 0 Å². The molecule has 8 nitrogen and oxygen atoms in total. The third-order valence-electron chi connectivity index (χ3n) is 4.51. The Labute approximate surface area is 164 Å². The van der Waals surface area contributed by atoms with Gasteiger partial charge in [0, 0.05) is 49.5 Å². The summed E-state index contributed by atoms with van der Waals surface area (Å²) in [6.45, 7) is 4.69. The number of aromatic nitrogens is 4. The lowest BCUT2D eigenvalue weighted by Gasteiger charge is -2.20. The first kappa shape index (κ1) is 19.3. The minimum absolute atomic E-state index is 0.181. The monoisotopic (exact) mass is 380 g/mol. The van der Waals surface area contributed by atoms with E-state index in [-0.39, 0.29) is 6.03 Å². The van der Waals surface area contributed by atoms with E-state index < -0.39 is 0 Å². The smallest absolute Gasteiger partial charge is 0.317 e. The molecule has 3 aromatic heterocycles. The molecule has 146 valence electrons. The molecular weight excluding hydrogens is 356 g/mol. The van der Waals surface area contributed by atoms with Gasteiger partial charge in [0.2, 0.25) is 0 Å². The number of hydrogen-bond acceptors (Lipinski definition) is 5. The number of pyridine rings is 2. The zero-order chi connectivity index (χ0) is 20.1. The maximum absolute atomic E-state index is 12.4. The number of imidazole rings is 1. The Hall–Kier alpha value is -3.42. The van der Waals surface area contributed by atoms with Crippen LogP contribution in [0.15, 0.2) is 43.2 Å². The molecule has 3 aromatic rings. The van der Waals surface area contributed by atoms with Gasteiger partial charge in [0.25, 0.3) is 0 Å². The Kier molecular flexibility index (Phi) is 5.88. The van der Waals surface area contributed by atoms with Crippen molar-refractivity contribution in [3.63, 3.8) is 0 Å². The number of nitrogens with zero attached hydrogens (tertiary/aromatic N) is 5. The van der Waals surface area contributed by atoms with Gasteiger partial charge in [-0.1, -0.05) is 6.07 Å². The Morgan fingerprint density at radius 1 is 1.25 bits per heavy atom. The predicted octanol–water partition coefficient (Wildman–Crippen LogP) is 2.63. The summed E-state index contributed by atoms with van der Waals surface area (Å²) in [4.78, 5) is 26.9. The average Bonchev–Trinajstić information content (AvgIpc) is 3.24. The van der Waals surface area contributed by atoms with Crippen molar-refractivity contribution in [2.45, 2.75) is 26.9 Å². The molecule has 2 amide bonds. The molecule has 0 aliphatic heterocycles. The summed E-state index contributed by atoms with van der Waals surface area (Å²) in [5.74, 6) is 1.59. The molecule has 0 radical (unpaired) electrons. The van der Waals surface area contributed by atoms with Crippen LogP contribution in [-0.4, -0.2) is 44.6 Å². The molecule has 0 bridgehead atoms. The average molecular weight is 380 g/mol. The van der Waals surface area contributed by atoms with Gasteiger partial charge >= 0.3 is 6.03 Å². The van der Waals surface area contributed by atoms with Crippen molar-refractivity contribution >= 4 is 6.03 Å². The second-order valence-corrected chi connectivity index (χ2v) is 6.56. The normalized spacial score (nSPS) is 10.6. The summed E-state index contributed by atoms with van der Waals surface area (Å²) in [6.07, 6.45) is 8.72. The van der Waals surface area contributed by atoms with Crippen molar-refractivity contribution < 1.29 is 9.53 Å². The summed E-state index contributed by atoms with van der Waals surface area (Å²) < 4.78 is 7.25. The van der Waals surface area contributed by atoms with Gasteiger partial charge in [0.1, 0.15) is 17.9 Å². The summed E-state index contributed by atoms with van der Waals surface area (Å²) in [7, 11) is 3.38. The Balaban J connectivity index is 1.57. The fourth-order valence-corrected chi connectivity index (χ4v) is 2.91. The zero-order valence-electron chi connectivity index (χ0n) is 16.5. The van der Waals surface area contributed by atoms with Crippen LogP contribution in [0.4, 0.5) is 4.79 Å². The molecule has 0 spiro atoms. The summed E-state index contributed by atoms with van der Waals surface area (Å²) in [5, 5.41) is 2.90. The third-order valence-corrected chi connectivity index (χ3v) is 4.51. The molecule has 3 rings (SSSR count). The van der Waals surface area contributed by atoms with E-state index in [1.165, 1.54) is 0 Å². The number of urea groups is 1. The Morgan fingerprint density at radius 2 is 2.07 bits per heavy atom. The zero-order valence-corrected chi connectivity index (χ0v) is 16.5. The van der Waals surface area contributed by atoms with Crippen molar-refractivity contribution in [1.82, 2.24) is 29.7 Å². The maximum atomic E-state index is 12.4. The highest BCUT2D eigenvalue weighted by Crippen LogP contribution is 2.24. The van der Waals surface area contributed by atoms with Gasteiger partial charge in [-0.25, -0.2) is 14.8 Å². The highest BCUT2D eigenvalue weighted by atomic mass is 16.5. The number of amides is 2. The van der Waals surface area contributed by atoms with E-state index in [0.717, 1.165) is 34.0 Å². The van der Waals surface area contributed by atoms with Crippen LogP contribution < -0.4 is 10.1 Å². The minimum atomic E-state index is -0.181. The lowest BCUT2D eigenvalue weighted by atomic mass is 10.1. The van der Waals surface area contributed by atoms with Crippen LogP contribution in [-0.2, 0) is 13.1 Å². The Morgan fingerprint density at radius 3 is 2.71 bits per heavy atom. The predicted molar refractivity (Wildman–Crippen MR) is 105 cm³/mol. The molecule has 0 saturated heterocycles. The van der Waals surface area contributed by atoms with Gasteiger partial charge in [-0.3, -0.25) is 9.55 Å². The summed E-state index contributed by atoms with van der Waals surface area (Å²) in [5.41, 5.74) is 3.65. The largest absolute Gasteiger partial charge is 0.496 e. The number of carbonyl (C=O) groups is 1. The van der Waals surface area contributed by atoms with Gasteiger partial charge in [-0.15, -0.1) is 0 Å². The second kappa shape index (κ2) is 8.51. The Bertz CT molecular complexity index is 938. The van der Waals surface area contributed by atoms with Gasteiger partial charge in [-0.2, -0.15) is 0 Å².